The molecule has 34 heteroatoms. The molecule has 11 aromatic rings. The Morgan fingerprint density at radius 1 is 0.521 bits per heavy atom. The number of nitro groups is 2. The molecule has 4 aromatic heterocycles. The average molecular weight is 1860 g/mol. The summed E-state index contributed by atoms with van der Waals surface area (Å²) in [6.07, 6.45) is 12.0. The number of carbonyl (C=O) groups is 4. The van der Waals surface area contributed by atoms with E-state index in [0.29, 0.717) is 44.1 Å². The molecule has 1 saturated heterocycles. The Bertz CT molecular complexity index is 5420. The molecule has 0 unspecified atom stereocenters. The van der Waals surface area contributed by atoms with E-state index in [4.69, 9.17) is 31.6 Å². The van der Waals surface area contributed by atoms with Crippen LogP contribution < -0.4 is 36.5 Å². The average Bonchev–Trinajstić information content (AvgIpc) is 1.62. The number of aromatic carboxylic acids is 1. The third-order valence-corrected chi connectivity index (χ3v) is 22.8. The van der Waals surface area contributed by atoms with Crippen LogP contribution in [0.2, 0.25) is 0 Å². The minimum absolute atomic E-state index is 0. The smallest absolute Gasteiger partial charge is 0.476 e. The van der Waals surface area contributed by atoms with Gasteiger partial charge in [0.15, 0.2) is 31.3 Å². The van der Waals surface area contributed by atoms with Crippen LogP contribution >= 0.6 is 47.8 Å². The highest BCUT2D eigenvalue weighted by atomic mass is 79.9. The van der Waals surface area contributed by atoms with Crippen molar-refractivity contribution >= 4 is 151 Å². The summed E-state index contributed by atoms with van der Waals surface area (Å²) in [5.74, 6) is -0.999. The zero-order chi connectivity index (χ0) is 87.4. The maximum atomic E-state index is 13.3. The fourth-order valence-electron chi connectivity index (χ4n) is 14.2. The number of imidazole rings is 4. The molecule has 121 heavy (non-hydrogen) atoms. The number of methoxy groups -OCH3 is 1. The van der Waals surface area contributed by atoms with E-state index in [9.17, 15) is 43.8 Å². The lowest BCUT2D eigenvalue weighted by atomic mass is 9.76. The van der Waals surface area contributed by atoms with Crippen LogP contribution in [0.15, 0.2) is 160 Å². The summed E-state index contributed by atoms with van der Waals surface area (Å²) in [5.41, 5.74) is 17.4. The number of fused-ring (bicyclic) bond motifs is 6. The van der Waals surface area contributed by atoms with Gasteiger partial charge in [-0.05, 0) is 254 Å². The summed E-state index contributed by atoms with van der Waals surface area (Å²) in [4.78, 5) is 93.4. The summed E-state index contributed by atoms with van der Waals surface area (Å²) in [6.45, 7) is 11.4. The molecule has 646 valence electrons. The summed E-state index contributed by atoms with van der Waals surface area (Å²) in [5, 5.41) is 47.2. The zero-order valence-corrected chi connectivity index (χ0v) is 73.5. The molecule has 9 heterocycles. The number of alkyl halides is 1. The van der Waals surface area contributed by atoms with Crippen LogP contribution in [0.1, 0.15) is 160 Å². The Kier molecular flexibility index (Phi) is 34.8. The van der Waals surface area contributed by atoms with Gasteiger partial charge in [0.2, 0.25) is 0 Å². The second-order valence-electron chi connectivity index (χ2n) is 29.8. The number of carboxylic acid groups (broad SMARTS) is 1. The molecule has 0 atom stereocenters. The standard InChI is InChI=1S/C26H25N5O3.C16H18BNO4.C16H19BrN4O.C9H11BrN2O2.C8H9BrN2O2.C8H12N2.CH3F.CH4O.2CH4/c1-29(2)18-14-12-17(13-15-18)27-26(32)24-23-10-3-4-16-30(23)25(28-24)21-9-5-8-20-19(21)7-6-11-22(20)31(33)34;1-15(2)16(3,4)22-17(21-15)13-9-5-8-12-11(13)7-6-10-14(12)18(19)20;1-20(2)12-8-6-11(7-9-12)18-15(22)14-13-5-3-4-10-21(13)16(17)19-14;1-14-8(13)7-6-4-2-3-5-12(6)9(10)11-7;9-8-10-6(7(12)13)5-3-1-2-4-11(5)8;1-10(2)8-5-3-7(9)4-6-8;2*1-2;;/h5-9,11-15H,3-4,10,16H2,1-2H3,(H,27,32);5-10H,1-4H3;6-9H,3-5,10H2,1-2H3,(H,18,22);2-5H2,1H3;1-4H2,(H,12,13);3-6H,9H2,1-2H3;1H3;2H,1H3;2*1H4/i;;;;;;1D;;;. The number of carbonyl (C=O) groups excluding carboxylic acids is 3. The van der Waals surface area contributed by atoms with Gasteiger partial charge < -0.3 is 73.6 Å². The number of nitrogens with two attached hydrogens (primary N) is 1. The summed E-state index contributed by atoms with van der Waals surface area (Å²) in [7, 11) is 12.8. The van der Waals surface area contributed by atoms with Gasteiger partial charge in [-0.2, -0.15) is 0 Å². The van der Waals surface area contributed by atoms with E-state index in [1.54, 1.807) is 36.4 Å². The molecular weight excluding hydrogens is 1750 g/mol. The van der Waals surface area contributed by atoms with Crippen molar-refractivity contribution in [3.05, 3.63) is 226 Å². The molecule has 0 aliphatic carbocycles. The van der Waals surface area contributed by atoms with Crippen molar-refractivity contribution in [2.75, 3.05) is 94.7 Å². The van der Waals surface area contributed by atoms with Gasteiger partial charge in [0, 0.05) is 127 Å². The number of halogens is 4. The fourth-order valence-corrected chi connectivity index (χ4v) is 15.9. The van der Waals surface area contributed by atoms with Gasteiger partial charge in [-0.1, -0.05) is 63.4 Å². The molecule has 1 fully saturated rings. The lowest BCUT2D eigenvalue weighted by Gasteiger charge is -2.32. The van der Waals surface area contributed by atoms with Crippen molar-refractivity contribution in [3.8, 4) is 11.4 Å². The quantitative estimate of drug-likeness (QED) is 0.0235. The number of nitro benzene ring substituents is 2. The summed E-state index contributed by atoms with van der Waals surface area (Å²) >= 11 is 10.1. The number of rotatable bonds is 13. The van der Waals surface area contributed by atoms with E-state index < -0.39 is 31.4 Å². The number of hydrogen-bond donors (Lipinski definition) is 5. The van der Waals surface area contributed by atoms with E-state index in [1.807, 2.05) is 191 Å². The molecule has 7 aromatic carbocycles. The van der Waals surface area contributed by atoms with Gasteiger partial charge in [-0.25, -0.2) is 29.5 Å². The van der Waals surface area contributed by atoms with Crippen LogP contribution in [0.3, 0.4) is 0 Å². The molecule has 16 rings (SSSR count). The maximum Gasteiger partial charge on any atom is 0.495 e. The third kappa shape index (κ3) is 23.2. The number of aromatic nitrogens is 8. The van der Waals surface area contributed by atoms with Crippen molar-refractivity contribution in [1.29, 1.82) is 0 Å². The highest BCUT2D eigenvalue weighted by Crippen LogP contribution is 2.40. The minimum atomic E-state index is -1.00. The van der Waals surface area contributed by atoms with Gasteiger partial charge >= 0.3 is 19.1 Å². The van der Waals surface area contributed by atoms with Gasteiger partial charge in [-0.3, -0.25) is 34.2 Å². The van der Waals surface area contributed by atoms with Crippen molar-refractivity contribution in [2.45, 2.75) is 157 Å². The highest BCUT2D eigenvalue weighted by molar-refractivity contribution is 9.10. The van der Waals surface area contributed by atoms with Gasteiger partial charge in [-0.15, -0.1) is 0 Å². The largest absolute Gasteiger partial charge is 0.495 e. The number of nitrogens with one attached hydrogen (secondary N) is 2. The van der Waals surface area contributed by atoms with Crippen molar-refractivity contribution < 1.29 is 59.0 Å². The molecular formula is C87H109BBr3FN16O13. The predicted octanol–water partition coefficient (Wildman–Crippen LogP) is 17.9. The lowest BCUT2D eigenvalue weighted by Crippen LogP contribution is -2.41. The Labute approximate surface area is 732 Å². The summed E-state index contributed by atoms with van der Waals surface area (Å²) in [6, 6.07) is 44.3. The van der Waals surface area contributed by atoms with Crippen LogP contribution in [-0.4, -0.2) is 164 Å². The van der Waals surface area contributed by atoms with Crippen molar-refractivity contribution in [1.82, 2.24) is 38.2 Å². The number of nitrogens with zero attached hydrogens (tertiary/aromatic N) is 13. The predicted molar refractivity (Wildman–Crippen MR) is 489 cm³/mol. The van der Waals surface area contributed by atoms with Gasteiger partial charge in [0.1, 0.15) is 11.5 Å². The molecule has 0 saturated carbocycles. The number of nitrogen functional groups attached to an aromatic ring is 1. The molecule has 5 aliphatic heterocycles. The van der Waals surface area contributed by atoms with Crippen LogP contribution in [-0.2, 0) is 65.9 Å². The second kappa shape index (κ2) is 44.1. The highest BCUT2D eigenvalue weighted by Gasteiger charge is 2.52. The molecule has 0 spiro atoms. The molecule has 0 bridgehead atoms. The number of carboxylic acids is 1. The van der Waals surface area contributed by atoms with Crippen molar-refractivity contribution in [3.63, 3.8) is 0 Å². The van der Waals surface area contributed by atoms with E-state index in [1.165, 1.54) is 24.9 Å². The number of benzene rings is 7. The number of non-ortho nitro benzene ring substituents is 2. The van der Waals surface area contributed by atoms with Crippen LogP contribution in [0.25, 0.3) is 32.9 Å². The topological polar surface area (TPSA) is 354 Å². The van der Waals surface area contributed by atoms with Gasteiger partial charge in [0.25, 0.3) is 23.2 Å². The Balaban J connectivity index is 0.000000207. The molecule has 0 radical (unpaired) electrons. The Morgan fingerprint density at radius 2 is 0.860 bits per heavy atom. The lowest BCUT2D eigenvalue weighted by molar-refractivity contribution is -0.383. The molecule has 29 nitrogen and oxygen atoms in total. The monoisotopic (exact) mass is 1850 g/mol. The fraction of sp³-hybridized carbons (Fsp3) is 0.379. The first kappa shape index (κ1) is 95.6. The van der Waals surface area contributed by atoms with E-state index in [-0.39, 0.29) is 59.6 Å². The number of ether oxygens (including phenoxy) is 1. The van der Waals surface area contributed by atoms with Gasteiger partial charge in [0.05, 0.1) is 70.2 Å². The minimum Gasteiger partial charge on any atom is -0.476 e. The molecule has 2 amide bonds. The molecule has 5 aliphatic rings. The number of aliphatic hydroxyl groups is 1. The zero-order valence-electron chi connectivity index (χ0n) is 69.7. The first-order valence-corrected chi connectivity index (χ1v) is 41.0. The first-order chi connectivity index (χ1) is 57.3. The van der Waals surface area contributed by atoms with E-state index in [0.717, 1.165) is 187 Å². The number of anilines is 6. The van der Waals surface area contributed by atoms with Crippen LogP contribution in [0.5, 0.6) is 0 Å². The third-order valence-electron chi connectivity index (χ3n) is 21.0. The Hall–Kier alpha value is -10.9. The molecule has 6 N–H and O–H groups in total. The number of aliphatic hydroxyl groups excluding tert-OH is 1. The normalized spacial score (nSPS) is 14.0. The van der Waals surface area contributed by atoms with E-state index in [2.05, 4.69) is 87.2 Å². The van der Waals surface area contributed by atoms with Crippen LogP contribution in [0, 0.1) is 20.2 Å². The number of esters is 1. The van der Waals surface area contributed by atoms with Crippen LogP contribution in [0.4, 0.5) is 49.9 Å². The number of amides is 2. The first-order valence-electron chi connectivity index (χ1n) is 39.3. The van der Waals surface area contributed by atoms with Crippen molar-refractivity contribution in [2.24, 2.45) is 0 Å². The van der Waals surface area contributed by atoms with E-state index >= 15 is 0 Å². The number of hydrogen-bond acceptors (Lipinski definition) is 20. The summed E-state index contributed by atoms with van der Waals surface area (Å²) < 4.78 is 42.6. The Morgan fingerprint density at radius 3 is 1.27 bits per heavy atom. The SMILES string of the molecule is C.C.CC1(C)OB(c2cccc3c([N+](=O)[O-])cccc23)OC1(C)C.CN(C)c1ccc(N)cc1.CN(C)c1ccc(NC(=O)c2nc(-c3cccc4c([N+](=O)[O-])cccc34)n3c2CCCC3)cc1.CN(C)c1ccc(NC(=O)c2nc(Br)n3c2CCCC3)cc1.CO.COC(=O)c1nc(Br)n2c1CCCC2.O=C(O)c1nc(Br)n2c1CCCC2.[2H]CF. The second-order valence-corrected chi connectivity index (χ2v) is 31.9. The maximum absolute atomic E-state index is 13.3.